The molecule has 33 heavy (non-hydrogen) atoms. The Balaban J connectivity index is 1.41. The van der Waals surface area contributed by atoms with Crippen molar-refractivity contribution in [3.63, 3.8) is 0 Å². The van der Waals surface area contributed by atoms with E-state index < -0.39 is 10.0 Å². The van der Waals surface area contributed by atoms with E-state index in [1.54, 1.807) is 16.4 Å². The molecule has 1 aromatic carbocycles. The molecule has 1 N–H and O–H groups in total. The van der Waals surface area contributed by atoms with Crippen molar-refractivity contribution in [1.29, 1.82) is 0 Å². The van der Waals surface area contributed by atoms with E-state index >= 15 is 0 Å². The average Bonchev–Trinajstić information content (AvgIpc) is 3.62. The minimum atomic E-state index is -3.14. The minimum absolute atomic E-state index is 0.157. The SMILES string of the molecule is COc1cc(CO)c(-c2cn3ccc(N4CCCN(S(=O)(=O)C5CC5)CC4)cc3n2)cc1Cl. The number of methoxy groups -OCH3 is 1. The highest BCUT2D eigenvalue weighted by atomic mass is 35.5. The zero-order valence-corrected chi connectivity index (χ0v) is 20.0. The lowest BCUT2D eigenvalue weighted by Gasteiger charge is -2.23. The molecule has 1 saturated heterocycles. The van der Waals surface area contributed by atoms with Crippen LogP contribution in [-0.2, 0) is 16.6 Å². The van der Waals surface area contributed by atoms with E-state index in [1.165, 1.54) is 7.11 Å². The quantitative estimate of drug-likeness (QED) is 0.571. The fourth-order valence-corrected chi connectivity index (χ4v) is 6.52. The highest BCUT2D eigenvalue weighted by Crippen LogP contribution is 2.34. The van der Waals surface area contributed by atoms with E-state index in [4.69, 9.17) is 21.3 Å². The predicted molar refractivity (Wildman–Crippen MR) is 128 cm³/mol. The molecular weight excluding hydrogens is 464 g/mol. The van der Waals surface area contributed by atoms with Crippen molar-refractivity contribution < 1.29 is 18.3 Å². The molecule has 2 aliphatic rings. The van der Waals surface area contributed by atoms with Gasteiger partial charge in [-0.25, -0.2) is 13.4 Å². The number of pyridine rings is 1. The van der Waals surface area contributed by atoms with Gasteiger partial charge < -0.3 is 19.1 Å². The van der Waals surface area contributed by atoms with Gasteiger partial charge in [-0.05, 0) is 43.0 Å². The third-order valence-corrected chi connectivity index (χ3v) is 9.09. The number of benzene rings is 1. The lowest BCUT2D eigenvalue weighted by molar-refractivity contribution is 0.281. The van der Waals surface area contributed by atoms with Crippen LogP contribution in [0.15, 0.2) is 36.7 Å². The topological polar surface area (TPSA) is 87.4 Å². The summed E-state index contributed by atoms with van der Waals surface area (Å²) in [5.41, 5.74) is 3.93. The molecule has 176 valence electrons. The number of sulfonamides is 1. The summed E-state index contributed by atoms with van der Waals surface area (Å²) < 4.78 is 34.1. The first-order valence-corrected chi connectivity index (χ1v) is 13.0. The van der Waals surface area contributed by atoms with Gasteiger partial charge in [0.05, 0.1) is 29.7 Å². The number of aliphatic hydroxyl groups is 1. The van der Waals surface area contributed by atoms with E-state index in [0.29, 0.717) is 41.7 Å². The van der Waals surface area contributed by atoms with Gasteiger partial charge in [-0.2, -0.15) is 4.31 Å². The summed E-state index contributed by atoms with van der Waals surface area (Å²) in [5, 5.41) is 10.1. The molecule has 8 nitrogen and oxygen atoms in total. The Bertz CT molecular complexity index is 1290. The van der Waals surface area contributed by atoms with E-state index in [1.807, 2.05) is 28.9 Å². The molecule has 10 heteroatoms. The second-order valence-corrected chi connectivity index (χ2v) is 11.2. The number of rotatable bonds is 6. The molecule has 5 rings (SSSR count). The summed E-state index contributed by atoms with van der Waals surface area (Å²) in [6.07, 6.45) is 6.23. The normalized spacial score (nSPS) is 18.0. The van der Waals surface area contributed by atoms with Crippen LogP contribution in [-0.4, -0.2) is 65.8 Å². The minimum Gasteiger partial charge on any atom is -0.495 e. The Labute approximate surface area is 198 Å². The first-order valence-electron chi connectivity index (χ1n) is 11.1. The van der Waals surface area contributed by atoms with Crippen LogP contribution in [0.4, 0.5) is 5.69 Å². The molecule has 1 saturated carbocycles. The van der Waals surface area contributed by atoms with Crippen LogP contribution in [0.5, 0.6) is 5.75 Å². The first-order chi connectivity index (χ1) is 15.9. The summed E-state index contributed by atoms with van der Waals surface area (Å²) in [5.74, 6) is 0.509. The molecule has 0 unspecified atom stereocenters. The largest absolute Gasteiger partial charge is 0.495 e. The van der Waals surface area contributed by atoms with Crippen LogP contribution in [0.25, 0.3) is 16.9 Å². The van der Waals surface area contributed by atoms with Crippen molar-refractivity contribution in [3.8, 4) is 17.0 Å². The van der Waals surface area contributed by atoms with Gasteiger partial charge in [0.15, 0.2) is 0 Å². The maximum absolute atomic E-state index is 12.6. The first kappa shape index (κ1) is 22.5. The molecule has 3 aromatic rings. The van der Waals surface area contributed by atoms with Crippen LogP contribution >= 0.6 is 11.6 Å². The van der Waals surface area contributed by atoms with Crippen molar-refractivity contribution in [1.82, 2.24) is 13.7 Å². The monoisotopic (exact) mass is 490 g/mol. The second kappa shape index (κ2) is 8.79. The summed E-state index contributed by atoms with van der Waals surface area (Å²) in [6.45, 7) is 2.37. The molecule has 0 radical (unpaired) electrons. The van der Waals surface area contributed by atoms with Crippen molar-refractivity contribution >= 4 is 33.0 Å². The van der Waals surface area contributed by atoms with Gasteiger partial charge in [-0.1, -0.05) is 11.6 Å². The molecule has 0 spiro atoms. The van der Waals surface area contributed by atoms with Crippen LogP contribution < -0.4 is 9.64 Å². The molecule has 2 fully saturated rings. The fraction of sp³-hybridized carbons (Fsp3) is 0.435. The van der Waals surface area contributed by atoms with Crippen molar-refractivity contribution in [2.24, 2.45) is 0 Å². The lowest BCUT2D eigenvalue weighted by Crippen LogP contribution is -2.37. The van der Waals surface area contributed by atoms with Crippen LogP contribution in [0.1, 0.15) is 24.8 Å². The summed E-state index contributed by atoms with van der Waals surface area (Å²) in [7, 11) is -1.61. The Hall–Kier alpha value is -2.33. The Morgan fingerprint density at radius 2 is 2.00 bits per heavy atom. The average molecular weight is 491 g/mol. The van der Waals surface area contributed by atoms with E-state index in [0.717, 1.165) is 42.7 Å². The zero-order chi connectivity index (χ0) is 23.2. The standard InChI is InChI=1S/C23H27ClN4O4S/c1-32-22-11-16(15-29)19(13-20(22)24)21-14-27-8-5-17(12-23(27)25-21)26-6-2-7-28(10-9-26)33(30,31)18-3-4-18/h5,8,11-14,18,29H,2-4,6-7,9-10,15H2,1H3. The molecule has 0 amide bonds. The van der Waals surface area contributed by atoms with Gasteiger partial charge in [0.2, 0.25) is 10.0 Å². The number of hydrogen-bond acceptors (Lipinski definition) is 6. The number of imidazole rings is 1. The molecule has 1 aliphatic carbocycles. The van der Waals surface area contributed by atoms with Gasteiger partial charge in [0.25, 0.3) is 0 Å². The number of ether oxygens (including phenoxy) is 1. The maximum atomic E-state index is 12.6. The van der Waals surface area contributed by atoms with Crippen molar-refractivity contribution in [2.45, 2.75) is 31.1 Å². The Morgan fingerprint density at radius 3 is 2.73 bits per heavy atom. The number of anilines is 1. The highest BCUT2D eigenvalue weighted by molar-refractivity contribution is 7.90. The number of fused-ring (bicyclic) bond motifs is 1. The molecular formula is C23H27ClN4O4S. The van der Waals surface area contributed by atoms with Crippen molar-refractivity contribution in [2.75, 3.05) is 38.2 Å². The van der Waals surface area contributed by atoms with E-state index in [-0.39, 0.29) is 11.9 Å². The Morgan fingerprint density at radius 1 is 1.18 bits per heavy atom. The summed E-state index contributed by atoms with van der Waals surface area (Å²) in [6, 6.07) is 7.53. The fourth-order valence-electron chi connectivity index (χ4n) is 4.40. The number of aliphatic hydroxyl groups excluding tert-OH is 1. The molecule has 0 bridgehead atoms. The molecule has 0 atom stereocenters. The third-order valence-electron chi connectivity index (χ3n) is 6.39. The highest BCUT2D eigenvalue weighted by Gasteiger charge is 2.40. The lowest BCUT2D eigenvalue weighted by atomic mass is 10.1. The van der Waals surface area contributed by atoms with Gasteiger partial charge >= 0.3 is 0 Å². The van der Waals surface area contributed by atoms with Crippen molar-refractivity contribution in [3.05, 3.63) is 47.2 Å². The molecule has 2 aromatic heterocycles. The van der Waals surface area contributed by atoms with E-state index in [9.17, 15) is 13.5 Å². The maximum Gasteiger partial charge on any atom is 0.217 e. The summed E-state index contributed by atoms with van der Waals surface area (Å²) >= 11 is 6.32. The second-order valence-electron chi connectivity index (χ2n) is 8.56. The number of nitrogens with zero attached hydrogens (tertiary/aromatic N) is 4. The number of aromatic nitrogens is 2. The van der Waals surface area contributed by atoms with Crippen LogP contribution in [0.2, 0.25) is 5.02 Å². The molecule has 3 heterocycles. The van der Waals surface area contributed by atoms with Gasteiger partial charge in [0, 0.05) is 55.9 Å². The molecule has 1 aliphatic heterocycles. The van der Waals surface area contributed by atoms with Gasteiger partial charge in [-0.15, -0.1) is 0 Å². The predicted octanol–water partition coefficient (Wildman–Crippen LogP) is 3.16. The third kappa shape index (κ3) is 4.30. The smallest absolute Gasteiger partial charge is 0.217 e. The van der Waals surface area contributed by atoms with Crippen LogP contribution in [0, 0.1) is 0 Å². The van der Waals surface area contributed by atoms with Gasteiger partial charge in [-0.3, -0.25) is 0 Å². The Kier molecular flexibility index (Phi) is 5.98. The van der Waals surface area contributed by atoms with E-state index in [2.05, 4.69) is 4.90 Å². The van der Waals surface area contributed by atoms with Gasteiger partial charge in [0.1, 0.15) is 11.4 Å². The number of halogens is 1. The van der Waals surface area contributed by atoms with Crippen LogP contribution in [0.3, 0.4) is 0 Å². The summed E-state index contributed by atoms with van der Waals surface area (Å²) in [4.78, 5) is 6.99. The zero-order valence-electron chi connectivity index (χ0n) is 18.4. The number of hydrogen-bond donors (Lipinski definition) is 1.